The first kappa shape index (κ1) is 24.8. The number of carboxylic acids is 1. The van der Waals surface area contributed by atoms with Crippen molar-refractivity contribution in [1.29, 1.82) is 0 Å². The Kier molecular flexibility index (Phi) is 12.3. The third-order valence-corrected chi connectivity index (χ3v) is 5.75. The highest BCUT2D eigenvalue weighted by Gasteiger charge is 2.48. The average Bonchev–Trinajstić information content (AvgIpc) is 2.66. The summed E-state index contributed by atoms with van der Waals surface area (Å²) in [6.07, 6.45) is 12.1. The van der Waals surface area contributed by atoms with Gasteiger partial charge in [-0.1, -0.05) is 96.8 Å². The fraction of sp³-hybridized carbons (Fsp3) is 0.708. The van der Waals surface area contributed by atoms with E-state index in [1.807, 2.05) is 32.0 Å². The zero-order valence-electron chi connectivity index (χ0n) is 18.0. The molecule has 0 aliphatic heterocycles. The van der Waals surface area contributed by atoms with Gasteiger partial charge in [0.1, 0.15) is 5.75 Å². The number of benzene rings is 1. The number of alkyl halides is 1. The summed E-state index contributed by atoms with van der Waals surface area (Å²) in [5, 5.41) is 9.48. The first-order valence-electron chi connectivity index (χ1n) is 11.0. The van der Waals surface area contributed by atoms with Crippen molar-refractivity contribution < 1.29 is 14.6 Å². The van der Waals surface area contributed by atoms with E-state index in [1.165, 1.54) is 44.9 Å². The van der Waals surface area contributed by atoms with Gasteiger partial charge in [-0.25, -0.2) is 4.79 Å². The lowest BCUT2D eigenvalue weighted by atomic mass is 9.86. The second-order valence-corrected chi connectivity index (χ2v) is 8.82. The van der Waals surface area contributed by atoms with Crippen molar-refractivity contribution in [2.45, 2.75) is 102 Å². The molecule has 2 atom stereocenters. The molecule has 0 aromatic heterocycles. The van der Waals surface area contributed by atoms with E-state index in [-0.39, 0.29) is 5.92 Å². The van der Waals surface area contributed by atoms with E-state index in [1.54, 1.807) is 12.1 Å². The highest BCUT2D eigenvalue weighted by Crippen LogP contribution is 2.34. The van der Waals surface area contributed by atoms with Gasteiger partial charge in [-0.2, -0.15) is 0 Å². The lowest BCUT2D eigenvalue weighted by Gasteiger charge is -2.35. The summed E-state index contributed by atoms with van der Waals surface area (Å²) in [6.45, 7) is 6.25. The molecule has 1 rings (SSSR count). The van der Waals surface area contributed by atoms with Crippen LogP contribution in [0.3, 0.4) is 0 Å². The quantitative estimate of drug-likeness (QED) is 0.227. The van der Waals surface area contributed by atoms with Gasteiger partial charge in [0.15, 0.2) is 0 Å². The second kappa shape index (κ2) is 13.9. The Morgan fingerprint density at radius 1 is 1.00 bits per heavy atom. The fourth-order valence-corrected chi connectivity index (χ4v) is 4.05. The molecule has 160 valence electrons. The molecule has 0 fully saturated rings. The molecule has 1 aromatic carbocycles. The summed E-state index contributed by atoms with van der Waals surface area (Å²) in [5.74, 6) is -0.242. The van der Waals surface area contributed by atoms with Crippen LogP contribution < -0.4 is 4.74 Å². The Bertz CT molecular complexity index is 532. The molecular weight excluding hydrogens is 372 g/mol. The molecular formula is C24H39ClO3. The molecule has 0 saturated carbocycles. The van der Waals surface area contributed by atoms with Gasteiger partial charge in [-0.15, -0.1) is 11.6 Å². The highest BCUT2D eigenvalue weighted by atomic mass is 35.5. The fourth-order valence-electron chi connectivity index (χ4n) is 3.67. The molecule has 0 spiro atoms. The van der Waals surface area contributed by atoms with E-state index in [0.717, 1.165) is 12.8 Å². The van der Waals surface area contributed by atoms with E-state index < -0.39 is 16.9 Å². The second-order valence-electron chi connectivity index (χ2n) is 8.29. The van der Waals surface area contributed by atoms with Crippen LogP contribution in [-0.2, 0) is 4.79 Å². The molecule has 0 amide bonds. The molecule has 2 unspecified atom stereocenters. The number of carboxylic acid groups (broad SMARTS) is 1. The summed E-state index contributed by atoms with van der Waals surface area (Å²) in [7, 11) is 0. The van der Waals surface area contributed by atoms with Crippen LogP contribution in [0.2, 0.25) is 0 Å². The minimum absolute atomic E-state index is 0.171. The van der Waals surface area contributed by atoms with Crippen molar-refractivity contribution >= 4 is 17.6 Å². The lowest BCUT2D eigenvalue weighted by molar-refractivity contribution is -0.157. The van der Waals surface area contributed by atoms with E-state index in [4.69, 9.17) is 16.3 Å². The van der Waals surface area contributed by atoms with Crippen molar-refractivity contribution in [3.8, 4) is 5.75 Å². The third-order valence-electron chi connectivity index (χ3n) is 5.18. The zero-order valence-corrected chi connectivity index (χ0v) is 18.7. The number of aliphatic carboxylic acids is 1. The van der Waals surface area contributed by atoms with Gasteiger partial charge in [-0.3, -0.25) is 0 Å². The van der Waals surface area contributed by atoms with Crippen LogP contribution in [0.25, 0.3) is 0 Å². The van der Waals surface area contributed by atoms with Crippen LogP contribution in [-0.4, -0.2) is 22.1 Å². The van der Waals surface area contributed by atoms with Crippen molar-refractivity contribution in [2.24, 2.45) is 5.92 Å². The minimum Gasteiger partial charge on any atom is -0.478 e. The van der Waals surface area contributed by atoms with Crippen molar-refractivity contribution in [3.63, 3.8) is 0 Å². The molecule has 0 heterocycles. The number of rotatable bonds is 16. The molecule has 28 heavy (non-hydrogen) atoms. The number of para-hydroxylation sites is 1. The van der Waals surface area contributed by atoms with Gasteiger partial charge in [0.05, 0.1) is 5.38 Å². The number of hydrogen-bond donors (Lipinski definition) is 1. The van der Waals surface area contributed by atoms with E-state index in [9.17, 15) is 9.90 Å². The molecule has 0 saturated heterocycles. The smallest absolute Gasteiger partial charge is 0.349 e. The van der Waals surface area contributed by atoms with Crippen LogP contribution in [0, 0.1) is 5.92 Å². The van der Waals surface area contributed by atoms with Crippen LogP contribution in [0.4, 0.5) is 0 Å². The Balaban J connectivity index is 2.57. The SMILES string of the molecule is CCCCCCCCCCCC(Cl)C(CC(C)C)(Oc1ccccc1)C(=O)O. The Hall–Kier alpha value is -1.22. The van der Waals surface area contributed by atoms with E-state index in [2.05, 4.69) is 6.92 Å². The van der Waals surface area contributed by atoms with Gasteiger partial charge in [0.25, 0.3) is 0 Å². The Labute approximate surface area is 176 Å². The first-order valence-corrected chi connectivity index (χ1v) is 11.5. The molecule has 3 nitrogen and oxygen atoms in total. The molecule has 1 aromatic rings. The zero-order chi connectivity index (χ0) is 20.8. The number of hydrogen-bond acceptors (Lipinski definition) is 2. The highest BCUT2D eigenvalue weighted by molar-refractivity contribution is 6.23. The number of ether oxygens (including phenoxy) is 1. The Morgan fingerprint density at radius 3 is 2.04 bits per heavy atom. The van der Waals surface area contributed by atoms with E-state index >= 15 is 0 Å². The minimum atomic E-state index is -1.39. The van der Waals surface area contributed by atoms with Crippen LogP contribution in [0.1, 0.15) is 91.4 Å². The largest absolute Gasteiger partial charge is 0.478 e. The maximum absolute atomic E-state index is 12.3. The number of halogens is 1. The molecule has 0 bridgehead atoms. The van der Waals surface area contributed by atoms with Gasteiger partial charge >= 0.3 is 5.97 Å². The van der Waals surface area contributed by atoms with Crippen LogP contribution in [0.15, 0.2) is 30.3 Å². The maximum Gasteiger partial charge on any atom is 0.349 e. The van der Waals surface area contributed by atoms with Gasteiger partial charge in [-0.05, 0) is 24.5 Å². The maximum atomic E-state index is 12.3. The van der Waals surface area contributed by atoms with E-state index in [0.29, 0.717) is 18.6 Å². The lowest BCUT2D eigenvalue weighted by Crippen LogP contribution is -2.53. The van der Waals surface area contributed by atoms with Gasteiger partial charge < -0.3 is 9.84 Å². The summed E-state index contributed by atoms with van der Waals surface area (Å²) < 4.78 is 6.04. The standard InChI is InChI=1S/C24H39ClO3/c1-4-5-6-7-8-9-10-11-15-18-22(25)24(23(26)27,19-20(2)3)28-21-16-13-12-14-17-21/h12-14,16-17,20,22H,4-11,15,18-19H2,1-3H3,(H,26,27). The van der Waals surface area contributed by atoms with Crippen molar-refractivity contribution in [2.75, 3.05) is 0 Å². The summed E-state index contributed by atoms with van der Waals surface area (Å²) in [6, 6.07) is 9.17. The number of carbonyl (C=O) groups is 1. The van der Waals surface area contributed by atoms with Crippen molar-refractivity contribution in [3.05, 3.63) is 30.3 Å². The summed E-state index contributed by atoms with van der Waals surface area (Å²) >= 11 is 6.68. The summed E-state index contributed by atoms with van der Waals surface area (Å²) in [5.41, 5.74) is -1.39. The molecule has 1 N–H and O–H groups in total. The van der Waals surface area contributed by atoms with Crippen molar-refractivity contribution in [1.82, 2.24) is 0 Å². The summed E-state index contributed by atoms with van der Waals surface area (Å²) in [4.78, 5) is 12.3. The van der Waals surface area contributed by atoms with Gasteiger partial charge in [0.2, 0.25) is 5.60 Å². The molecule has 0 aliphatic carbocycles. The first-order chi connectivity index (χ1) is 13.4. The predicted octanol–water partition coefficient (Wildman–Crippen LogP) is 7.46. The van der Waals surface area contributed by atoms with Crippen LogP contribution >= 0.6 is 11.6 Å². The molecule has 0 aliphatic rings. The van der Waals surface area contributed by atoms with Crippen LogP contribution in [0.5, 0.6) is 5.75 Å². The predicted molar refractivity (Wildman–Crippen MR) is 118 cm³/mol. The monoisotopic (exact) mass is 410 g/mol. The molecule has 0 radical (unpaired) electrons. The third kappa shape index (κ3) is 8.86. The topological polar surface area (TPSA) is 46.5 Å². The average molecular weight is 411 g/mol. The molecule has 4 heteroatoms. The van der Waals surface area contributed by atoms with Gasteiger partial charge in [0, 0.05) is 6.42 Å². The normalized spacial score (nSPS) is 14.6. The number of unbranched alkanes of at least 4 members (excludes halogenated alkanes) is 8. The Morgan fingerprint density at radius 2 is 1.54 bits per heavy atom.